The number of amides is 2. The van der Waals surface area contributed by atoms with E-state index in [4.69, 9.17) is 4.42 Å². The van der Waals surface area contributed by atoms with Crippen LogP contribution in [0.5, 0.6) is 0 Å². The Hall–Kier alpha value is -3.64. The van der Waals surface area contributed by atoms with Crippen molar-refractivity contribution >= 4 is 32.6 Å². The molecule has 2 fully saturated rings. The number of carbonyl (C=O) groups is 2. The zero-order chi connectivity index (χ0) is 25.6. The van der Waals surface area contributed by atoms with E-state index in [9.17, 15) is 23.3 Å². The lowest BCUT2D eigenvalue weighted by Crippen LogP contribution is -2.61. The van der Waals surface area contributed by atoms with Crippen LogP contribution in [0, 0.1) is 11.3 Å². The van der Waals surface area contributed by atoms with Crippen molar-refractivity contribution < 1.29 is 22.4 Å². The van der Waals surface area contributed by atoms with Crippen molar-refractivity contribution in [3.63, 3.8) is 0 Å². The first-order valence-electron chi connectivity index (χ1n) is 12.0. The normalized spacial score (nSPS) is 18.2. The fraction of sp³-hybridized carbons (Fsp3) is 0.370. The third-order valence-electron chi connectivity index (χ3n) is 7.17. The predicted molar refractivity (Wildman–Crippen MR) is 134 cm³/mol. The van der Waals surface area contributed by atoms with Gasteiger partial charge in [0.15, 0.2) is 15.6 Å². The van der Waals surface area contributed by atoms with Crippen LogP contribution >= 0.6 is 0 Å². The van der Waals surface area contributed by atoms with E-state index in [0.717, 1.165) is 42.0 Å². The van der Waals surface area contributed by atoms with Gasteiger partial charge in [-0.2, -0.15) is 5.26 Å². The quantitative estimate of drug-likeness (QED) is 0.519. The summed E-state index contributed by atoms with van der Waals surface area (Å²) in [7, 11) is -3.28. The molecule has 2 aromatic carbocycles. The number of sulfone groups is 1. The topological polar surface area (TPSA) is 129 Å². The van der Waals surface area contributed by atoms with E-state index in [-0.39, 0.29) is 16.6 Å². The Labute approximate surface area is 209 Å². The Kier molecular flexibility index (Phi) is 5.87. The molecule has 2 amide bonds. The van der Waals surface area contributed by atoms with E-state index in [0.29, 0.717) is 31.3 Å². The molecule has 0 unspecified atom stereocenters. The van der Waals surface area contributed by atoms with Crippen molar-refractivity contribution in [1.29, 1.82) is 5.26 Å². The third-order valence-corrected chi connectivity index (χ3v) is 8.30. The van der Waals surface area contributed by atoms with E-state index in [1.807, 2.05) is 12.1 Å². The molecule has 0 radical (unpaired) electrons. The molecule has 2 N–H and O–H groups in total. The second-order valence-electron chi connectivity index (χ2n) is 9.90. The number of nitrogens with one attached hydrogen (secondary N) is 2. The number of furan rings is 1. The van der Waals surface area contributed by atoms with Crippen LogP contribution in [-0.2, 0) is 14.6 Å². The smallest absolute Gasteiger partial charge is 0.287 e. The van der Waals surface area contributed by atoms with Gasteiger partial charge in [0.05, 0.1) is 11.0 Å². The number of hydrogen-bond acceptors (Lipinski definition) is 6. The van der Waals surface area contributed by atoms with Gasteiger partial charge in [-0.1, -0.05) is 43.5 Å². The molecule has 36 heavy (non-hydrogen) atoms. The molecular formula is C27H27N3O5S. The van der Waals surface area contributed by atoms with Gasteiger partial charge in [-0.25, -0.2) is 8.42 Å². The molecule has 2 saturated carbocycles. The highest BCUT2D eigenvalue weighted by atomic mass is 32.2. The van der Waals surface area contributed by atoms with Crippen molar-refractivity contribution in [2.45, 2.75) is 60.9 Å². The highest BCUT2D eigenvalue weighted by molar-refractivity contribution is 7.90. The summed E-state index contributed by atoms with van der Waals surface area (Å²) in [5.74, 6) is -0.664. The van der Waals surface area contributed by atoms with E-state index in [1.54, 1.807) is 36.4 Å². The molecule has 0 bridgehead atoms. The van der Waals surface area contributed by atoms with Crippen LogP contribution in [0.3, 0.4) is 0 Å². The molecule has 2 aliphatic carbocycles. The molecule has 0 spiro atoms. The fourth-order valence-electron chi connectivity index (χ4n) is 4.79. The molecular weight excluding hydrogens is 478 g/mol. The van der Waals surface area contributed by atoms with Crippen LogP contribution < -0.4 is 10.6 Å². The van der Waals surface area contributed by atoms with Crippen molar-refractivity contribution in [3.8, 4) is 17.2 Å². The van der Waals surface area contributed by atoms with Crippen molar-refractivity contribution in [2.75, 3.05) is 6.26 Å². The molecule has 9 heteroatoms. The van der Waals surface area contributed by atoms with Gasteiger partial charge in [0, 0.05) is 11.6 Å². The number of carbonyl (C=O) groups excluding carboxylic acids is 2. The van der Waals surface area contributed by atoms with Gasteiger partial charge in [0.2, 0.25) is 5.91 Å². The minimum absolute atomic E-state index is 0.105. The number of nitriles is 1. The van der Waals surface area contributed by atoms with Crippen LogP contribution in [-0.4, -0.2) is 37.6 Å². The van der Waals surface area contributed by atoms with Crippen LogP contribution in [0.2, 0.25) is 0 Å². The summed E-state index contributed by atoms with van der Waals surface area (Å²) in [6.07, 6.45) is 6.07. The number of rotatable bonds is 6. The van der Waals surface area contributed by atoms with Crippen LogP contribution in [0.1, 0.15) is 55.5 Å². The molecule has 3 aromatic rings. The Balaban J connectivity index is 1.38. The lowest BCUT2D eigenvalue weighted by atomic mass is 9.80. The van der Waals surface area contributed by atoms with E-state index < -0.39 is 26.8 Å². The SMILES string of the molecule is CS(=O)(=O)c1ccc(-c2ccc3cc(C(=O)NC4(C(=O)NC5(C#N)CC5)CCCCC4)oc3c2)cc1. The number of nitrogens with zero attached hydrogens (tertiary/aromatic N) is 1. The summed E-state index contributed by atoms with van der Waals surface area (Å²) in [6, 6.07) is 15.9. The minimum atomic E-state index is -3.28. The maximum atomic E-state index is 13.2. The Bertz CT molecular complexity index is 1490. The molecule has 2 aliphatic rings. The van der Waals surface area contributed by atoms with E-state index in [1.165, 1.54) is 0 Å². The number of fused-ring (bicyclic) bond motifs is 1. The maximum absolute atomic E-state index is 13.2. The third kappa shape index (κ3) is 4.61. The molecule has 1 heterocycles. The monoisotopic (exact) mass is 505 g/mol. The molecule has 0 aliphatic heterocycles. The van der Waals surface area contributed by atoms with Crippen molar-refractivity contribution in [2.24, 2.45) is 0 Å². The van der Waals surface area contributed by atoms with Gasteiger partial charge in [0.25, 0.3) is 5.91 Å². The van der Waals surface area contributed by atoms with Gasteiger partial charge < -0.3 is 15.1 Å². The molecule has 8 nitrogen and oxygen atoms in total. The molecule has 5 rings (SSSR count). The number of hydrogen-bond donors (Lipinski definition) is 2. The zero-order valence-electron chi connectivity index (χ0n) is 20.0. The van der Waals surface area contributed by atoms with Gasteiger partial charge in [-0.3, -0.25) is 9.59 Å². The molecule has 186 valence electrons. The maximum Gasteiger partial charge on any atom is 0.287 e. The zero-order valence-corrected chi connectivity index (χ0v) is 20.8. The molecule has 0 atom stereocenters. The second-order valence-corrected chi connectivity index (χ2v) is 11.9. The first-order valence-corrected chi connectivity index (χ1v) is 13.9. The van der Waals surface area contributed by atoms with Gasteiger partial charge in [-0.05, 0) is 61.1 Å². The first-order chi connectivity index (χ1) is 17.1. The average molecular weight is 506 g/mol. The lowest BCUT2D eigenvalue weighted by Gasteiger charge is -2.37. The summed E-state index contributed by atoms with van der Waals surface area (Å²) < 4.78 is 29.3. The van der Waals surface area contributed by atoms with E-state index in [2.05, 4.69) is 16.7 Å². The second kappa shape index (κ2) is 8.79. The van der Waals surface area contributed by atoms with Crippen LogP contribution in [0.15, 0.2) is 57.8 Å². The lowest BCUT2D eigenvalue weighted by molar-refractivity contribution is -0.129. The summed E-state index contributed by atoms with van der Waals surface area (Å²) in [4.78, 5) is 26.7. The summed E-state index contributed by atoms with van der Waals surface area (Å²) in [5, 5.41) is 15.9. The summed E-state index contributed by atoms with van der Waals surface area (Å²) >= 11 is 0. The summed E-state index contributed by atoms with van der Waals surface area (Å²) in [6.45, 7) is 0. The Morgan fingerprint density at radius 2 is 1.58 bits per heavy atom. The Morgan fingerprint density at radius 3 is 2.19 bits per heavy atom. The van der Waals surface area contributed by atoms with E-state index >= 15 is 0 Å². The average Bonchev–Trinajstić information content (AvgIpc) is 3.51. The minimum Gasteiger partial charge on any atom is -0.451 e. The number of benzene rings is 2. The molecule has 1 aromatic heterocycles. The van der Waals surface area contributed by atoms with Crippen LogP contribution in [0.4, 0.5) is 0 Å². The molecule has 0 saturated heterocycles. The highest BCUT2D eigenvalue weighted by Crippen LogP contribution is 2.37. The van der Waals surface area contributed by atoms with Gasteiger partial charge in [0.1, 0.15) is 16.7 Å². The Morgan fingerprint density at radius 1 is 0.917 bits per heavy atom. The standard InChI is InChI=1S/C27H27N3O5S/c1-36(33,34)21-9-7-18(8-10-21)19-5-6-20-16-23(35-22(20)15-19)24(31)29-27(11-3-2-4-12-27)25(32)30-26(17-28)13-14-26/h5-10,15-16H,2-4,11-14H2,1H3,(H,29,31)(H,30,32). The predicted octanol–water partition coefficient (Wildman–Crippen LogP) is 4.11. The van der Waals surface area contributed by atoms with Crippen molar-refractivity contribution in [3.05, 3.63) is 54.3 Å². The fourth-order valence-corrected chi connectivity index (χ4v) is 5.42. The van der Waals surface area contributed by atoms with Crippen molar-refractivity contribution in [1.82, 2.24) is 10.6 Å². The largest absolute Gasteiger partial charge is 0.451 e. The summed E-state index contributed by atoms with van der Waals surface area (Å²) in [5.41, 5.74) is 0.275. The first kappa shape index (κ1) is 24.1. The van der Waals surface area contributed by atoms with Gasteiger partial charge >= 0.3 is 0 Å². The van der Waals surface area contributed by atoms with Gasteiger partial charge in [-0.15, -0.1) is 0 Å². The van der Waals surface area contributed by atoms with Crippen LogP contribution in [0.25, 0.3) is 22.1 Å². The highest BCUT2D eigenvalue weighted by Gasteiger charge is 2.50.